The molecule has 6 radical (unpaired) electrons. The highest BCUT2D eigenvalue weighted by Gasteiger charge is 1.59. The minimum absolute atomic E-state index is 0. The van der Waals surface area contributed by atoms with E-state index in [9.17, 15) is 0 Å². The molecule has 0 aliphatic heterocycles. The average Bonchev–Trinajstić information content (AvgIpc) is 1.41. The van der Waals surface area contributed by atoms with Crippen LogP contribution < -0.4 is 11.3 Å². The van der Waals surface area contributed by atoms with Crippen molar-refractivity contribution in [3.05, 3.63) is 20.1 Å². The summed E-state index contributed by atoms with van der Waals surface area (Å²) in [6.45, 7) is 3.79. The first-order chi connectivity index (χ1) is 2.41. The molecule has 0 aromatic heterocycles. The molecule has 0 fully saturated rings. The van der Waals surface area contributed by atoms with E-state index in [0.717, 1.165) is 0 Å². The molecule has 0 spiro atoms. The summed E-state index contributed by atoms with van der Waals surface area (Å²) in [5, 5.41) is 0. The highest BCUT2D eigenvalue weighted by molar-refractivity contribution is 4.66. The molecule has 0 aliphatic carbocycles. The molecule has 1 N–H and O–H groups in total. The van der Waals surface area contributed by atoms with Crippen LogP contribution in [0.2, 0.25) is 0 Å². The maximum atomic E-state index is 7.74. The molecule has 0 heterocycles. The fourth-order valence-corrected chi connectivity index (χ4v) is 0.0645. The van der Waals surface area contributed by atoms with Crippen LogP contribution in [-0.4, -0.2) is 6.54 Å². The van der Waals surface area contributed by atoms with Gasteiger partial charge in [0, 0.05) is 14.0 Å². The van der Waals surface area contributed by atoms with Crippen LogP contribution in [0.15, 0.2) is 12.7 Å². The minimum atomic E-state index is 0. The Bertz CT molecular complexity index is 26.7. The Balaban J connectivity index is 0. The zero-order valence-corrected chi connectivity index (χ0v) is 3.44. The maximum absolute atomic E-state index is 7.74. The highest BCUT2D eigenvalue weighted by atomic mass is 15.2. The van der Waals surface area contributed by atoms with E-state index in [1.807, 2.05) is 5.43 Å². The van der Waals surface area contributed by atoms with Crippen LogP contribution in [0, 0.1) is 7.43 Å². The third-order valence-corrected chi connectivity index (χ3v) is 0.236. The molecule has 0 saturated carbocycles. The Morgan fingerprint density at radius 3 is 2.33 bits per heavy atom. The Morgan fingerprint density at radius 2 is 2.33 bits per heavy atom. The van der Waals surface area contributed by atoms with E-state index < -0.39 is 0 Å². The molecular weight excluding hydrogens is 76.1 g/mol. The summed E-state index contributed by atoms with van der Waals surface area (Å²) in [5.41, 5.74) is 1.90. The number of nitrogens with one attached hydrogen (secondary N) is 1. The molecule has 0 aromatic rings. The second-order valence-corrected chi connectivity index (χ2v) is 0.651. The summed E-state index contributed by atoms with van der Waals surface area (Å²) in [4.78, 5) is 0. The molecule has 0 saturated heterocycles. The summed E-state index contributed by atoms with van der Waals surface area (Å²) in [7, 11) is 0. The van der Waals surface area contributed by atoms with E-state index in [2.05, 4.69) is 6.58 Å². The van der Waals surface area contributed by atoms with Crippen molar-refractivity contribution < 1.29 is 0 Å². The van der Waals surface area contributed by atoms with Crippen LogP contribution in [0.3, 0.4) is 0 Å². The third kappa shape index (κ3) is 9.40. The summed E-state index contributed by atoms with van der Waals surface area (Å²) in [5.74, 6) is 7.74. The van der Waals surface area contributed by atoms with Crippen LogP contribution in [0.5, 0.6) is 0 Å². The van der Waals surface area contributed by atoms with Crippen LogP contribution in [0.4, 0.5) is 0 Å². The first kappa shape index (κ1) is 9.18. The van der Waals surface area contributed by atoms with Gasteiger partial charge >= 0.3 is 0 Å². The molecule has 32 valence electrons. The first-order valence-electron chi connectivity index (χ1n) is 1.39. The molecule has 0 aromatic carbocycles. The van der Waals surface area contributed by atoms with E-state index in [1.165, 1.54) is 0 Å². The summed E-state index contributed by atoms with van der Waals surface area (Å²) < 4.78 is 0. The minimum Gasteiger partial charge on any atom is -0.218 e. The fraction of sp³-hybridized carbons (Fsp3) is 0.250. The quantitative estimate of drug-likeness (QED) is 0.364. The van der Waals surface area contributed by atoms with Gasteiger partial charge in [-0.1, -0.05) is 6.08 Å². The Labute approximate surface area is 39.0 Å². The zero-order valence-electron chi connectivity index (χ0n) is 3.44. The van der Waals surface area contributed by atoms with Gasteiger partial charge in [0.15, 0.2) is 0 Å². The van der Waals surface area contributed by atoms with Gasteiger partial charge in [0.25, 0.3) is 0 Å². The standard InChI is InChI=1S/C3H6N2.C/c1-2-3-5-4;/h2,5H,1,3H2;. The van der Waals surface area contributed by atoms with E-state index >= 15 is 0 Å². The molecule has 2 nitrogen and oxygen atoms in total. The van der Waals surface area contributed by atoms with Crippen molar-refractivity contribution in [2.75, 3.05) is 6.54 Å². The predicted molar refractivity (Wildman–Crippen MR) is 23.6 cm³/mol. The molecule has 2 heteroatoms. The zero-order chi connectivity index (χ0) is 4.12. The lowest BCUT2D eigenvalue weighted by molar-refractivity contribution is 0.791. The SMILES string of the molecule is C=CCN[N].[C]. The van der Waals surface area contributed by atoms with Crippen LogP contribution in [0.25, 0.3) is 0 Å². The van der Waals surface area contributed by atoms with Crippen molar-refractivity contribution in [3.8, 4) is 0 Å². The van der Waals surface area contributed by atoms with Gasteiger partial charge in [-0.15, -0.1) is 6.58 Å². The molecule has 0 aliphatic rings. The Hall–Kier alpha value is -0.340. The Morgan fingerprint density at radius 1 is 1.83 bits per heavy atom. The molecule has 0 atom stereocenters. The van der Waals surface area contributed by atoms with E-state index in [-0.39, 0.29) is 7.43 Å². The smallest absolute Gasteiger partial charge is 0.0310 e. The molecule has 0 rings (SSSR count). The van der Waals surface area contributed by atoms with Gasteiger partial charge in [-0.3, -0.25) is 0 Å². The number of nitrogens with zero attached hydrogens (tertiary/aromatic N) is 1. The third-order valence-electron chi connectivity index (χ3n) is 0.236. The predicted octanol–water partition coefficient (Wildman–Crippen LogP) is -0.173. The second kappa shape index (κ2) is 8.82. The molecule has 6 heavy (non-hydrogen) atoms. The van der Waals surface area contributed by atoms with Crippen molar-refractivity contribution in [2.24, 2.45) is 0 Å². The number of rotatable bonds is 2. The molecule has 0 amide bonds. The van der Waals surface area contributed by atoms with Gasteiger partial charge in [-0.2, -0.15) is 0 Å². The van der Waals surface area contributed by atoms with Crippen molar-refractivity contribution in [1.29, 1.82) is 0 Å². The summed E-state index contributed by atoms with van der Waals surface area (Å²) >= 11 is 0. The molecule has 0 unspecified atom stereocenters. The maximum Gasteiger partial charge on any atom is 0.0310 e. The van der Waals surface area contributed by atoms with Crippen LogP contribution in [0.1, 0.15) is 0 Å². The summed E-state index contributed by atoms with van der Waals surface area (Å²) in [6.07, 6.45) is 1.57. The first-order valence-corrected chi connectivity index (χ1v) is 1.39. The largest absolute Gasteiger partial charge is 0.218 e. The van der Waals surface area contributed by atoms with Gasteiger partial charge in [0.05, 0.1) is 0 Å². The monoisotopic (exact) mass is 82.1 g/mol. The van der Waals surface area contributed by atoms with Crippen molar-refractivity contribution in [3.63, 3.8) is 0 Å². The van der Waals surface area contributed by atoms with E-state index in [1.54, 1.807) is 6.08 Å². The number of hydrogen-bond acceptors (Lipinski definition) is 1. The molecule has 0 bridgehead atoms. The van der Waals surface area contributed by atoms with Gasteiger partial charge in [0.2, 0.25) is 0 Å². The second-order valence-electron chi connectivity index (χ2n) is 0.651. The molecular formula is C4H6N2. The van der Waals surface area contributed by atoms with Crippen molar-refractivity contribution in [1.82, 2.24) is 11.3 Å². The van der Waals surface area contributed by atoms with Gasteiger partial charge in [-0.05, 0) is 5.84 Å². The van der Waals surface area contributed by atoms with Gasteiger partial charge in [-0.25, -0.2) is 5.43 Å². The van der Waals surface area contributed by atoms with Gasteiger partial charge < -0.3 is 0 Å². The van der Waals surface area contributed by atoms with Crippen LogP contribution >= 0.6 is 0 Å². The van der Waals surface area contributed by atoms with Gasteiger partial charge in [0.1, 0.15) is 0 Å². The lowest BCUT2D eigenvalue weighted by Crippen LogP contribution is -2.07. The fourth-order valence-electron chi connectivity index (χ4n) is 0.0645. The summed E-state index contributed by atoms with van der Waals surface area (Å²) in [6, 6.07) is 0. The van der Waals surface area contributed by atoms with Crippen molar-refractivity contribution in [2.45, 2.75) is 0 Å². The van der Waals surface area contributed by atoms with E-state index in [0.29, 0.717) is 6.54 Å². The topological polar surface area (TPSA) is 34.3 Å². The van der Waals surface area contributed by atoms with E-state index in [4.69, 9.17) is 5.84 Å². The lowest BCUT2D eigenvalue weighted by Gasteiger charge is -1.75. The number of hydrogen-bond donors (Lipinski definition) is 1. The highest BCUT2D eigenvalue weighted by Crippen LogP contribution is 1.47. The van der Waals surface area contributed by atoms with Crippen molar-refractivity contribution >= 4 is 0 Å². The lowest BCUT2D eigenvalue weighted by atomic mass is 10.7. The Kier molecular flexibility index (Phi) is 13.5. The normalized spacial score (nSPS) is 6.17. The average molecular weight is 82.1 g/mol. The van der Waals surface area contributed by atoms with Crippen LogP contribution in [-0.2, 0) is 0 Å².